The van der Waals surface area contributed by atoms with Gasteiger partial charge in [0, 0.05) is 12.7 Å². The predicted octanol–water partition coefficient (Wildman–Crippen LogP) is 2.95. The van der Waals surface area contributed by atoms with Gasteiger partial charge >= 0.3 is 0 Å². The van der Waals surface area contributed by atoms with E-state index >= 15 is 0 Å². The zero-order valence-electron chi connectivity index (χ0n) is 11.9. The van der Waals surface area contributed by atoms with Crippen molar-refractivity contribution in [3.8, 4) is 23.0 Å². The predicted molar refractivity (Wildman–Crippen MR) is 74.8 cm³/mol. The lowest BCUT2D eigenvalue weighted by molar-refractivity contribution is -0.0469. The molecule has 0 unspecified atom stereocenters. The maximum absolute atomic E-state index is 9.87. The molecule has 6 nitrogen and oxygen atoms in total. The van der Waals surface area contributed by atoms with E-state index in [-0.39, 0.29) is 17.4 Å². The number of rotatable bonds is 4. The largest absolute Gasteiger partial charge is 0.508 e. The lowest BCUT2D eigenvalue weighted by atomic mass is 10.0. The zero-order chi connectivity index (χ0) is 14.9. The number of phenolic OH excluding ortho intramolecular Hbond substituents is 2. The summed E-state index contributed by atoms with van der Waals surface area (Å²) in [4.78, 5) is 4.40. The van der Waals surface area contributed by atoms with Crippen LogP contribution in [0.4, 0.5) is 0 Å². The summed E-state index contributed by atoms with van der Waals surface area (Å²) < 4.78 is 11.2. The highest BCUT2D eigenvalue weighted by molar-refractivity contribution is 5.63. The van der Waals surface area contributed by atoms with Gasteiger partial charge in [0.25, 0.3) is 5.89 Å². The number of aromatic hydroxyl groups is 2. The SMILES string of the molecule is CCOC1(c2noc(-c3ccc(O)cc3O)n2)CCCC1. The van der Waals surface area contributed by atoms with Gasteiger partial charge in [-0.2, -0.15) is 4.98 Å². The monoisotopic (exact) mass is 290 g/mol. The van der Waals surface area contributed by atoms with Gasteiger partial charge in [-0.1, -0.05) is 5.16 Å². The van der Waals surface area contributed by atoms with Gasteiger partial charge in [0.05, 0.1) is 5.56 Å². The summed E-state index contributed by atoms with van der Waals surface area (Å²) in [5, 5.41) is 23.2. The second-order valence-corrected chi connectivity index (χ2v) is 5.26. The molecule has 0 amide bonds. The van der Waals surface area contributed by atoms with Crippen LogP contribution in [0, 0.1) is 0 Å². The Bertz CT molecular complexity index is 632. The highest BCUT2D eigenvalue weighted by Crippen LogP contribution is 2.41. The van der Waals surface area contributed by atoms with Gasteiger partial charge < -0.3 is 19.5 Å². The molecule has 21 heavy (non-hydrogen) atoms. The van der Waals surface area contributed by atoms with E-state index < -0.39 is 5.60 Å². The minimum absolute atomic E-state index is 0.0161. The minimum atomic E-state index is -0.469. The molecule has 1 saturated carbocycles. The Balaban J connectivity index is 1.95. The summed E-state index contributed by atoms with van der Waals surface area (Å²) in [6.45, 7) is 2.54. The van der Waals surface area contributed by atoms with Crippen LogP contribution < -0.4 is 0 Å². The molecule has 0 atom stereocenters. The van der Waals surface area contributed by atoms with Crippen LogP contribution in [0.25, 0.3) is 11.5 Å². The van der Waals surface area contributed by atoms with E-state index in [1.807, 2.05) is 6.92 Å². The Hall–Kier alpha value is -2.08. The molecule has 1 aromatic heterocycles. The number of nitrogens with zero attached hydrogens (tertiary/aromatic N) is 2. The van der Waals surface area contributed by atoms with Gasteiger partial charge in [-0.15, -0.1) is 0 Å². The average Bonchev–Trinajstić information content (AvgIpc) is 3.08. The maximum Gasteiger partial charge on any atom is 0.261 e. The summed E-state index contributed by atoms with van der Waals surface area (Å²) >= 11 is 0. The average molecular weight is 290 g/mol. The second-order valence-electron chi connectivity index (χ2n) is 5.26. The summed E-state index contributed by atoms with van der Waals surface area (Å²) in [7, 11) is 0. The number of phenols is 2. The van der Waals surface area contributed by atoms with Crippen molar-refractivity contribution in [2.24, 2.45) is 0 Å². The fourth-order valence-corrected chi connectivity index (χ4v) is 2.87. The highest BCUT2D eigenvalue weighted by atomic mass is 16.5. The van der Waals surface area contributed by atoms with Gasteiger partial charge in [0.15, 0.2) is 0 Å². The quantitative estimate of drug-likeness (QED) is 0.900. The first kappa shape index (κ1) is 13.9. The van der Waals surface area contributed by atoms with Gasteiger partial charge in [0.1, 0.15) is 17.1 Å². The van der Waals surface area contributed by atoms with Crippen molar-refractivity contribution in [3.63, 3.8) is 0 Å². The summed E-state index contributed by atoms with van der Waals surface area (Å²) in [5.74, 6) is 0.650. The highest BCUT2D eigenvalue weighted by Gasteiger charge is 2.41. The van der Waals surface area contributed by atoms with Crippen molar-refractivity contribution < 1.29 is 19.5 Å². The van der Waals surface area contributed by atoms with Gasteiger partial charge in [0.2, 0.25) is 5.82 Å². The zero-order valence-corrected chi connectivity index (χ0v) is 11.9. The molecular weight excluding hydrogens is 272 g/mol. The Morgan fingerprint density at radius 1 is 1.29 bits per heavy atom. The number of benzene rings is 1. The first-order valence-corrected chi connectivity index (χ1v) is 7.15. The molecule has 0 radical (unpaired) electrons. The van der Waals surface area contributed by atoms with E-state index in [1.165, 1.54) is 12.1 Å². The molecule has 0 aliphatic heterocycles. The van der Waals surface area contributed by atoms with Crippen molar-refractivity contribution in [1.82, 2.24) is 10.1 Å². The van der Waals surface area contributed by atoms with Crippen molar-refractivity contribution in [1.29, 1.82) is 0 Å². The van der Waals surface area contributed by atoms with E-state index in [9.17, 15) is 10.2 Å². The maximum atomic E-state index is 9.87. The molecule has 2 aromatic rings. The molecule has 0 saturated heterocycles. The molecule has 2 N–H and O–H groups in total. The summed E-state index contributed by atoms with van der Waals surface area (Å²) in [6, 6.07) is 4.25. The lowest BCUT2D eigenvalue weighted by Gasteiger charge is -2.24. The Morgan fingerprint density at radius 3 is 2.71 bits per heavy atom. The lowest BCUT2D eigenvalue weighted by Crippen LogP contribution is -2.27. The molecule has 1 fully saturated rings. The normalized spacial score (nSPS) is 17.2. The van der Waals surface area contributed by atoms with Crippen LogP contribution in [-0.2, 0) is 10.3 Å². The van der Waals surface area contributed by atoms with Crippen molar-refractivity contribution in [3.05, 3.63) is 24.0 Å². The molecular formula is C15H18N2O4. The molecule has 1 heterocycles. The molecule has 0 spiro atoms. The molecule has 1 aliphatic rings. The third kappa shape index (κ3) is 2.47. The van der Waals surface area contributed by atoms with Crippen LogP contribution >= 0.6 is 0 Å². The minimum Gasteiger partial charge on any atom is -0.508 e. The Morgan fingerprint density at radius 2 is 2.05 bits per heavy atom. The number of hydrogen-bond donors (Lipinski definition) is 2. The van der Waals surface area contributed by atoms with E-state index in [1.54, 1.807) is 6.07 Å². The third-order valence-electron chi connectivity index (χ3n) is 3.88. The van der Waals surface area contributed by atoms with E-state index in [2.05, 4.69) is 10.1 Å². The third-order valence-corrected chi connectivity index (χ3v) is 3.88. The van der Waals surface area contributed by atoms with Gasteiger partial charge in [-0.05, 0) is 44.7 Å². The second kappa shape index (κ2) is 5.37. The Labute approximate surface area is 122 Å². The molecule has 0 bridgehead atoms. The number of ether oxygens (including phenoxy) is 1. The molecule has 3 rings (SSSR count). The summed E-state index contributed by atoms with van der Waals surface area (Å²) in [6.07, 6.45) is 3.91. The summed E-state index contributed by atoms with van der Waals surface area (Å²) in [5.41, 5.74) is -0.0700. The van der Waals surface area contributed by atoms with Crippen LogP contribution in [-0.4, -0.2) is 27.0 Å². The van der Waals surface area contributed by atoms with Crippen LogP contribution in [0.1, 0.15) is 38.4 Å². The van der Waals surface area contributed by atoms with Crippen LogP contribution in [0.5, 0.6) is 11.5 Å². The molecule has 6 heteroatoms. The van der Waals surface area contributed by atoms with Crippen molar-refractivity contribution in [2.75, 3.05) is 6.61 Å². The van der Waals surface area contributed by atoms with E-state index in [0.717, 1.165) is 25.7 Å². The van der Waals surface area contributed by atoms with Crippen LogP contribution in [0.15, 0.2) is 22.7 Å². The fraction of sp³-hybridized carbons (Fsp3) is 0.467. The standard InChI is InChI=1S/C15H18N2O4/c1-2-20-15(7-3-4-8-15)14-16-13(21-17-14)11-6-5-10(18)9-12(11)19/h5-6,9,18-19H,2-4,7-8H2,1H3. The number of hydrogen-bond acceptors (Lipinski definition) is 6. The molecule has 1 aliphatic carbocycles. The van der Waals surface area contributed by atoms with Crippen LogP contribution in [0.3, 0.4) is 0 Å². The topological polar surface area (TPSA) is 88.6 Å². The number of aromatic nitrogens is 2. The van der Waals surface area contributed by atoms with Gasteiger partial charge in [-0.3, -0.25) is 0 Å². The smallest absolute Gasteiger partial charge is 0.261 e. The van der Waals surface area contributed by atoms with Crippen molar-refractivity contribution >= 4 is 0 Å². The van der Waals surface area contributed by atoms with E-state index in [0.29, 0.717) is 18.0 Å². The fourth-order valence-electron chi connectivity index (χ4n) is 2.87. The molecule has 112 valence electrons. The van der Waals surface area contributed by atoms with Gasteiger partial charge in [-0.25, -0.2) is 0 Å². The van der Waals surface area contributed by atoms with E-state index in [4.69, 9.17) is 9.26 Å². The Kier molecular flexibility index (Phi) is 3.55. The van der Waals surface area contributed by atoms with Crippen LogP contribution in [0.2, 0.25) is 0 Å². The first-order valence-electron chi connectivity index (χ1n) is 7.15. The molecule has 1 aromatic carbocycles. The van der Waals surface area contributed by atoms with Crippen molar-refractivity contribution in [2.45, 2.75) is 38.2 Å². The first-order chi connectivity index (χ1) is 10.1.